The predicted octanol–water partition coefficient (Wildman–Crippen LogP) is 5.17. The van der Waals surface area contributed by atoms with Gasteiger partial charge in [0.1, 0.15) is 0 Å². The van der Waals surface area contributed by atoms with E-state index in [0.717, 1.165) is 80.9 Å². The zero-order valence-corrected chi connectivity index (χ0v) is 23.3. The Hall–Kier alpha value is -3.06. The number of hydrogen-bond acceptors (Lipinski definition) is 5. The molecule has 7 nitrogen and oxygen atoms in total. The first-order valence-electron chi connectivity index (χ1n) is 14.9. The van der Waals surface area contributed by atoms with Crippen LogP contribution in [0.2, 0.25) is 0 Å². The van der Waals surface area contributed by atoms with E-state index in [2.05, 4.69) is 29.3 Å². The largest absolute Gasteiger partial charge is 0.454 e. The van der Waals surface area contributed by atoms with E-state index >= 15 is 0 Å². The van der Waals surface area contributed by atoms with Crippen LogP contribution in [0.3, 0.4) is 0 Å². The van der Waals surface area contributed by atoms with Crippen LogP contribution in [0.5, 0.6) is 11.5 Å². The van der Waals surface area contributed by atoms with Gasteiger partial charge >= 0.3 is 0 Å². The van der Waals surface area contributed by atoms with Gasteiger partial charge in [0, 0.05) is 37.2 Å². The van der Waals surface area contributed by atoms with Gasteiger partial charge in [-0.1, -0.05) is 44.4 Å². The van der Waals surface area contributed by atoms with Crippen molar-refractivity contribution < 1.29 is 19.1 Å². The number of piperidine rings is 2. The summed E-state index contributed by atoms with van der Waals surface area (Å²) in [6, 6.07) is 14.6. The van der Waals surface area contributed by atoms with Crippen LogP contribution in [-0.2, 0) is 17.8 Å². The Morgan fingerprint density at radius 1 is 0.846 bits per heavy atom. The Balaban J connectivity index is 1.01. The van der Waals surface area contributed by atoms with Gasteiger partial charge in [-0.3, -0.25) is 9.59 Å². The quantitative estimate of drug-likeness (QED) is 0.427. The molecule has 210 valence electrons. The van der Waals surface area contributed by atoms with Gasteiger partial charge in [0.05, 0.1) is 0 Å². The van der Waals surface area contributed by atoms with Crippen molar-refractivity contribution in [3.05, 3.63) is 59.2 Å². The zero-order valence-electron chi connectivity index (χ0n) is 23.3. The van der Waals surface area contributed by atoms with E-state index < -0.39 is 0 Å². The number of amides is 2. The highest BCUT2D eigenvalue weighted by atomic mass is 16.7. The first-order valence-corrected chi connectivity index (χ1v) is 14.9. The average molecular weight is 534 g/mol. The molecule has 0 radical (unpaired) electrons. The number of hydrogen-bond donors (Lipinski definition) is 1. The third kappa shape index (κ3) is 7.13. The first kappa shape index (κ1) is 27.5. The molecule has 0 unspecified atom stereocenters. The topological polar surface area (TPSA) is 71.1 Å². The van der Waals surface area contributed by atoms with E-state index in [1.165, 1.54) is 31.2 Å². The standard InChI is InChI=1S/C32H43N3O4/c1-2-3-4-5-6-24-7-10-27(11-8-24)32(37)35-19-15-28(16-20-35)34-17-13-26(14-18-34)31(36)33-22-25-9-12-29-30(21-25)39-23-38-29/h7-12,21,26,28H,2-6,13-20,22-23H2,1H3,(H,33,36). The number of aryl methyl sites for hydroxylation is 1. The van der Waals surface area contributed by atoms with Crippen molar-refractivity contribution in [1.29, 1.82) is 0 Å². The van der Waals surface area contributed by atoms with E-state index in [1.54, 1.807) is 0 Å². The van der Waals surface area contributed by atoms with Crippen LogP contribution in [0, 0.1) is 5.92 Å². The van der Waals surface area contributed by atoms with Crippen molar-refractivity contribution in [2.45, 2.75) is 77.3 Å². The third-order valence-corrected chi connectivity index (χ3v) is 8.59. The van der Waals surface area contributed by atoms with Crippen LogP contribution in [0.25, 0.3) is 0 Å². The monoisotopic (exact) mass is 533 g/mol. The normalized spacial score (nSPS) is 18.3. The Labute approximate surface area is 232 Å². The van der Waals surface area contributed by atoms with E-state index in [9.17, 15) is 9.59 Å². The minimum atomic E-state index is 0.0616. The minimum absolute atomic E-state index is 0.0616. The van der Waals surface area contributed by atoms with Crippen LogP contribution in [-0.4, -0.2) is 60.6 Å². The van der Waals surface area contributed by atoms with Crippen LogP contribution in [0.4, 0.5) is 0 Å². The lowest BCUT2D eigenvalue weighted by atomic mass is 9.92. The summed E-state index contributed by atoms with van der Waals surface area (Å²) in [6.45, 7) is 6.49. The second kappa shape index (κ2) is 13.3. The van der Waals surface area contributed by atoms with Crippen LogP contribution < -0.4 is 14.8 Å². The maximum atomic E-state index is 13.1. The number of benzene rings is 2. The van der Waals surface area contributed by atoms with Gasteiger partial charge in [-0.2, -0.15) is 0 Å². The summed E-state index contributed by atoms with van der Waals surface area (Å²) in [4.78, 5) is 30.5. The molecular weight excluding hydrogens is 490 g/mol. The first-order chi connectivity index (χ1) is 19.1. The van der Waals surface area contributed by atoms with Crippen molar-refractivity contribution in [3.8, 4) is 11.5 Å². The molecule has 7 heteroatoms. The molecule has 0 aromatic heterocycles. The second-order valence-electron chi connectivity index (χ2n) is 11.2. The third-order valence-electron chi connectivity index (χ3n) is 8.59. The number of unbranched alkanes of at least 4 members (excludes halogenated alkanes) is 3. The molecule has 2 amide bonds. The number of carbonyl (C=O) groups excluding carboxylic acids is 2. The maximum Gasteiger partial charge on any atom is 0.253 e. The number of rotatable bonds is 10. The molecule has 2 aromatic carbocycles. The van der Waals surface area contributed by atoms with Gasteiger partial charge in [0.2, 0.25) is 12.7 Å². The molecule has 0 atom stereocenters. The van der Waals surface area contributed by atoms with Gasteiger partial charge in [0.15, 0.2) is 11.5 Å². The van der Waals surface area contributed by atoms with Gasteiger partial charge < -0.3 is 24.6 Å². The van der Waals surface area contributed by atoms with Crippen molar-refractivity contribution in [1.82, 2.24) is 15.1 Å². The van der Waals surface area contributed by atoms with E-state index in [4.69, 9.17) is 9.47 Å². The van der Waals surface area contributed by atoms with Crippen molar-refractivity contribution >= 4 is 11.8 Å². The number of likely N-dealkylation sites (tertiary alicyclic amines) is 2. The summed E-state index contributed by atoms with van der Waals surface area (Å²) >= 11 is 0. The summed E-state index contributed by atoms with van der Waals surface area (Å²) < 4.78 is 10.8. The van der Waals surface area contributed by atoms with Gasteiger partial charge in [-0.05, 0) is 87.0 Å². The Morgan fingerprint density at radius 3 is 2.31 bits per heavy atom. The van der Waals surface area contributed by atoms with E-state index in [0.29, 0.717) is 12.6 Å². The van der Waals surface area contributed by atoms with Crippen molar-refractivity contribution in [2.75, 3.05) is 33.0 Å². The van der Waals surface area contributed by atoms with Crippen molar-refractivity contribution in [3.63, 3.8) is 0 Å². The average Bonchev–Trinajstić information content (AvgIpc) is 3.46. The van der Waals surface area contributed by atoms with Gasteiger partial charge in [0.25, 0.3) is 5.91 Å². The van der Waals surface area contributed by atoms with E-state index in [-0.39, 0.29) is 24.5 Å². The molecule has 0 spiro atoms. The zero-order chi connectivity index (χ0) is 27.0. The smallest absolute Gasteiger partial charge is 0.253 e. The summed E-state index contributed by atoms with van der Waals surface area (Å²) in [5, 5.41) is 3.11. The molecule has 1 N–H and O–H groups in total. The number of nitrogens with zero attached hydrogens (tertiary/aromatic N) is 2. The fraction of sp³-hybridized carbons (Fsp3) is 0.562. The molecule has 2 saturated heterocycles. The fourth-order valence-electron chi connectivity index (χ4n) is 6.10. The number of ether oxygens (including phenoxy) is 2. The molecule has 5 rings (SSSR count). The Kier molecular flexibility index (Phi) is 9.40. The van der Waals surface area contributed by atoms with Crippen LogP contribution >= 0.6 is 0 Å². The summed E-state index contributed by atoms with van der Waals surface area (Å²) in [5.41, 5.74) is 3.15. The molecule has 2 fully saturated rings. The Bertz CT molecular complexity index is 1100. The molecule has 0 saturated carbocycles. The highest BCUT2D eigenvalue weighted by Crippen LogP contribution is 2.32. The molecule has 3 aliphatic heterocycles. The second-order valence-corrected chi connectivity index (χ2v) is 11.2. The lowest BCUT2D eigenvalue weighted by molar-refractivity contribution is -0.126. The summed E-state index contributed by atoms with van der Waals surface area (Å²) in [6.07, 6.45) is 9.92. The summed E-state index contributed by atoms with van der Waals surface area (Å²) in [7, 11) is 0. The molecule has 2 aromatic rings. The van der Waals surface area contributed by atoms with E-state index in [1.807, 2.05) is 35.2 Å². The van der Waals surface area contributed by atoms with Crippen molar-refractivity contribution in [2.24, 2.45) is 5.92 Å². The van der Waals surface area contributed by atoms with Crippen LogP contribution in [0.1, 0.15) is 79.8 Å². The van der Waals surface area contributed by atoms with Gasteiger partial charge in [-0.25, -0.2) is 0 Å². The molecule has 39 heavy (non-hydrogen) atoms. The highest BCUT2D eigenvalue weighted by molar-refractivity contribution is 5.94. The maximum absolute atomic E-state index is 13.1. The fourth-order valence-corrected chi connectivity index (χ4v) is 6.10. The Morgan fingerprint density at radius 2 is 1.56 bits per heavy atom. The van der Waals surface area contributed by atoms with Gasteiger partial charge in [-0.15, -0.1) is 0 Å². The number of fused-ring (bicyclic) bond motifs is 1. The number of carbonyl (C=O) groups is 2. The molecule has 3 heterocycles. The molecule has 0 aliphatic carbocycles. The number of nitrogens with one attached hydrogen (secondary N) is 1. The molecule has 0 bridgehead atoms. The lowest BCUT2D eigenvalue weighted by Crippen LogP contribution is -2.50. The molecule has 3 aliphatic rings. The van der Waals surface area contributed by atoms with Crippen LogP contribution in [0.15, 0.2) is 42.5 Å². The lowest BCUT2D eigenvalue weighted by Gasteiger charge is -2.41. The SMILES string of the molecule is CCCCCCc1ccc(C(=O)N2CCC(N3CCC(C(=O)NCc4ccc5c(c4)OCO5)CC3)CC2)cc1. The highest BCUT2D eigenvalue weighted by Gasteiger charge is 2.32. The molecular formula is C32H43N3O4. The predicted molar refractivity (Wildman–Crippen MR) is 152 cm³/mol. The summed E-state index contributed by atoms with van der Waals surface area (Å²) in [5.74, 6) is 1.86. The minimum Gasteiger partial charge on any atom is -0.454 e.